The maximum absolute atomic E-state index is 7.03. The van der Waals surface area contributed by atoms with E-state index in [4.69, 9.17) is 8.85 Å². The summed E-state index contributed by atoms with van der Waals surface area (Å²) in [5, 5.41) is 0. The first-order chi connectivity index (χ1) is 19.7. The van der Waals surface area contributed by atoms with Crippen LogP contribution in [-0.2, 0) is 34.5 Å². The molecule has 0 saturated heterocycles. The van der Waals surface area contributed by atoms with E-state index in [9.17, 15) is 0 Å². The van der Waals surface area contributed by atoms with E-state index in [1.165, 1.54) is 22.3 Å². The van der Waals surface area contributed by atoms with Gasteiger partial charge in [0.15, 0.2) is 16.6 Å². The quantitative estimate of drug-likeness (QED) is 0.123. The van der Waals surface area contributed by atoms with Gasteiger partial charge in [0.05, 0.1) is 0 Å². The lowest BCUT2D eigenvalue weighted by Crippen LogP contribution is -2.45. The van der Waals surface area contributed by atoms with Crippen molar-refractivity contribution >= 4 is 16.6 Å². The summed E-state index contributed by atoms with van der Waals surface area (Å²) in [7, 11) is -3.82. The van der Waals surface area contributed by atoms with Gasteiger partial charge in [-0.25, -0.2) is 0 Å². The van der Waals surface area contributed by atoms with Crippen molar-refractivity contribution in [3.05, 3.63) is 144 Å². The van der Waals surface area contributed by atoms with E-state index in [0.717, 1.165) is 37.8 Å². The lowest BCUT2D eigenvalue weighted by atomic mass is 9.78. The third-order valence-electron chi connectivity index (χ3n) is 8.10. The molecular weight excluding hydrogens is 533 g/mol. The van der Waals surface area contributed by atoms with Crippen LogP contribution in [0.5, 0.6) is 0 Å². The Kier molecular flexibility index (Phi) is 11.3. The number of hydrogen-bond donors (Lipinski definition) is 0. The van der Waals surface area contributed by atoms with E-state index >= 15 is 0 Å². The summed E-state index contributed by atoms with van der Waals surface area (Å²) in [4.78, 5) is 0. The maximum Gasteiger partial charge on any atom is 0.187 e. The van der Waals surface area contributed by atoms with Gasteiger partial charge in [0, 0.05) is 18.6 Å². The lowest BCUT2D eigenvalue weighted by Gasteiger charge is -2.39. The Hall–Kier alpha value is -2.77. The SMILES string of the molecule is C[Si](C)(CCc1ccccc1)OCC(CO[Si](C)(C)CCc1ccccc1)(Cc1ccccc1)Cc1ccccc1. The molecule has 0 fully saturated rings. The third kappa shape index (κ3) is 10.9. The van der Waals surface area contributed by atoms with Crippen molar-refractivity contribution < 1.29 is 8.85 Å². The topological polar surface area (TPSA) is 18.5 Å². The molecular formula is C37H48O2Si2. The first-order valence-corrected chi connectivity index (χ1v) is 21.4. The molecule has 4 heteroatoms. The summed E-state index contributed by atoms with van der Waals surface area (Å²) in [6.45, 7) is 11.0. The molecule has 0 N–H and O–H groups in total. The van der Waals surface area contributed by atoms with Gasteiger partial charge >= 0.3 is 0 Å². The van der Waals surface area contributed by atoms with E-state index in [1.54, 1.807) is 0 Å². The summed E-state index contributed by atoms with van der Waals surface area (Å²) in [5.74, 6) is 0. The molecule has 0 radical (unpaired) electrons. The first-order valence-electron chi connectivity index (χ1n) is 15.2. The number of hydrogen-bond acceptors (Lipinski definition) is 2. The molecule has 0 saturated carbocycles. The Morgan fingerprint density at radius 1 is 0.439 bits per heavy atom. The molecule has 0 aliphatic heterocycles. The Morgan fingerprint density at radius 3 is 1.05 bits per heavy atom. The zero-order valence-corrected chi connectivity index (χ0v) is 27.5. The van der Waals surface area contributed by atoms with E-state index in [2.05, 4.69) is 148 Å². The van der Waals surface area contributed by atoms with Crippen LogP contribution in [0.3, 0.4) is 0 Å². The van der Waals surface area contributed by atoms with Gasteiger partial charge in [0.1, 0.15) is 0 Å². The predicted octanol–water partition coefficient (Wildman–Crippen LogP) is 9.39. The van der Waals surface area contributed by atoms with Crippen LogP contribution in [-0.4, -0.2) is 29.8 Å². The largest absolute Gasteiger partial charge is 0.417 e. The summed E-state index contributed by atoms with van der Waals surface area (Å²) in [6.07, 6.45) is 4.02. The smallest absolute Gasteiger partial charge is 0.187 e. The highest BCUT2D eigenvalue weighted by Gasteiger charge is 2.37. The molecule has 216 valence electrons. The van der Waals surface area contributed by atoms with Crippen molar-refractivity contribution in [2.24, 2.45) is 5.41 Å². The molecule has 0 aliphatic carbocycles. The van der Waals surface area contributed by atoms with Crippen molar-refractivity contribution in [2.75, 3.05) is 13.2 Å². The second-order valence-electron chi connectivity index (χ2n) is 12.9. The Bertz CT molecular complexity index is 1170. The van der Waals surface area contributed by atoms with Crippen LogP contribution in [0.25, 0.3) is 0 Å². The van der Waals surface area contributed by atoms with Crippen LogP contribution >= 0.6 is 0 Å². The normalized spacial score (nSPS) is 12.4. The van der Waals surface area contributed by atoms with Crippen molar-refractivity contribution in [1.82, 2.24) is 0 Å². The van der Waals surface area contributed by atoms with Gasteiger partial charge < -0.3 is 8.85 Å². The van der Waals surface area contributed by atoms with Crippen LogP contribution in [0, 0.1) is 5.41 Å². The molecule has 2 nitrogen and oxygen atoms in total. The predicted molar refractivity (Wildman–Crippen MR) is 179 cm³/mol. The maximum atomic E-state index is 7.03. The molecule has 0 atom stereocenters. The summed E-state index contributed by atoms with van der Waals surface area (Å²) in [6, 6.07) is 45.7. The molecule has 4 aromatic rings. The molecule has 0 heterocycles. The standard InChI is InChI=1S/C37H48O2Si2/c1-40(2,27-25-33-17-9-5-10-18-33)38-31-37(29-35-21-13-7-14-22-35,30-36-23-15-8-16-24-36)32-39-41(3,4)28-26-34-19-11-6-12-20-34/h5-24H,25-32H2,1-4H3. The zero-order chi connectivity index (χ0) is 29.0. The minimum Gasteiger partial charge on any atom is -0.417 e. The fourth-order valence-electron chi connectivity index (χ4n) is 5.39. The van der Waals surface area contributed by atoms with Crippen LogP contribution < -0.4 is 0 Å². The highest BCUT2D eigenvalue weighted by Crippen LogP contribution is 2.33. The van der Waals surface area contributed by atoms with Gasteiger partial charge in [-0.05, 0) is 86.2 Å². The fourth-order valence-corrected chi connectivity index (χ4v) is 8.85. The molecule has 0 amide bonds. The highest BCUT2D eigenvalue weighted by molar-refractivity contribution is 6.71. The minimum absolute atomic E-state index is 0.142. The number of rotatable bonds is 16. The second kappa shape index (κ2) is 14.9. The van der Waals surface area contributed by atoms with Crippen molar-refractivity contribution in [3.8, 4) is 0 Å². The minimum atomic E-state index is -1.91. The first kappa shape index (κ1) is 31.2. The molecule has 41 heavy (non-hydrogen) atoms. The lowest BCUT2D eigenvalue weighted by molar-refractivity contribution is 0.0695. The Morgan fingerprint density at radius 2 is 0.732 bits per heavy atom. The molecule has 4 aromatic carbocycles. The average molecular weight is 581 g/mol. The van der Waals surface area contributed by atoms with Crippen molar-refractivity contribution in [1.29, 1.82) is 0 Å². The average Bonchev–Trinajstić information content (AvgIpc) is 2.99. The monoisotopic (exact) mass is 580 g/mol. The van der Waals surface area contributed by atoms with Gasteiger partial charge in [0.2, 0.25) is 0 Å². The summed E-state index contributed by atoms with van der Waals surface area (Å²) < 4.78 is 14.1. The fraction of sp³-hybridized carbons (Fsp3) is 0.351. The van der Waals surface area contributed by atoms with Crippen LogP contribution in [0.2, 0.25) is 38.3 Å². The summed E-state index contributed by atoms with van der Waals surface area (Å²) >= 11 is 0. The molecule has 0 bridgehead atoms. The summed E-state index contributed by atoms with van der Waals surface area (Å²) in [5.41, 5.74) is 5.35. The van der Waals surface area contributed by atoms with Gasteiger partial charge in [-0.1, -0.05) is 121 Å². The van der Waals surface area contributed by atoms with Crippen LogP contribution in [0.1, 0.15) is 22.3 Å². The van der Waals surface area contributed by atoms with E-state index in [1.807, 2.05) is 0 Å². The van der Waals surface area contributed by atoms with Gasteiger partial charge in [-0.3, -0.25) is 0 Å². The molecule has 0 aliphatic rings. The van der Waals surface area contributed by atoms with Crippen LogP contribution in [0.15, 0.2) is 121 Å². The highest BCUT2D eigenvalue weighted by atomic mass is 28.4. The molecule has 0 aromatic heterocycles. The number of aryl methyl sites for hydroxylation is 2. The van der Waals surface area contributed by atoms with Crippen LogP contribution in [0.4, 0.5) is 0 Å². The number of benzene rings is 4. The van der Waals surface area contributed by atoms with E-state index in [0.29, 0.717) is 13.2 Å². The van der Waals surface area contributed by atoms with Crippen molar-refractivity contribution in [3.63, 3.8) is 0 Å². The van der Waals surface area contributed by atoms with Gasteiger partial charge in [-0.15, -0.1) is 0 Å². The second-order valence-corrected chi connectivity index (χ2v) is 21.5. The van der Waals surface area contributed by atoms with E-state index in [-0.39, 0.29) is 5.41 Å². The molecule has 0 unspecified atom stereocenters. The van der Waals surface area contributed by atoms with Crippen molar-refractivity contribution in [2.45, 2.75) is 64.0 Å². The van der Waals surface area contributed by atoms with E-state index < -0.39 is 16.6 Å². The Balaban J connectivity index is 1.54. The zero-order valence-electron chi connectivity index (χ0n) is 25.5. The van der Waals surface area contributed by atoms with Gasteiger partial charge in [-0.2, -0.15) is 0 Å². The third-order valence-corrected chi connectivity index (χ3v) is 12.9. The van der Waals surface area contributed by atoms with Gasteiger partial charge in [0.25, 0.3) is 0 Å². The molecule has 0 spiro atoms. The molecule has 4 rings (SSSR count). The Labute approximate surface area is 251 Å².